The summed E-state index contributed by atoms with van der Waals surface area (Å²) in [5, 5.41) is 3.27. The highest BCUT2D eigenvalue weighted by molar-refractivity contribution is 5.40. The molecule has 0 aliphatic carbocycles. The number of rotatable bonds is 9. The molecule has 0 saturated carbocycles. The van der Waals surface area contributed by atoms with Crippen LogP contribution in [0.3, 0.4) is 0 Å². The average molecular weight is 252 g/mol. The van der Waals surface area contributed by atoms with Crippen LogP contribution in [-0.4, -0.2) is 43.8 Å². The third kappa shape index (κ3) is 5.82. The fourth-order valence-corrected chi connectivity index (χ4v) is 1.40. The van der Waals surface area contributed by atoms with Gasteiger partial charge in [0.05, 0.1) is 0 Å². The zero-order valence-corrected chi connectivity index (χ0v) is 11.6. The highest BCUT2D eigenvalue weighted by Crippen LogP contribution is 2.07. The van der Waals surface area contributed by atoms with Gasteiger partial charge in [0.15, 0.2) is 0 Å². The molecule has 1 rings (SSSR count). The van der Waals surface area contributed by atoms with Crippen LogP contribution < -0.4 is 10.2 Å². The Kier molecular flexibility index (Phi) is 7.10. The fraction of sp³-hybridized carbons (Fsp3) is 0.692. The van der Waals surface area contributed by atoms with Crippen LogP contribution in [0.1, 0.15) is 26.2 Å². The molecule has 0 unspecified atom stereocenters. The van der Waals surface area contributed by atoms with Gasteiger partial charge in [-0.2, -0.15) is 4.98 Å². The van der Waals surface area contributed by atoms with Crippen molar-refractivity contribution in [3.63, 3.8) is 0 Å². The van der Waals surface area contributed by atoms with E-state index in [2.05, 4.69) is 22.2 Å². The van der Waals surface area contributed by atoms with Gasteiger partial charge in [0.25, 0.3) is 0 Å². The number of hydrogen-bond acceptors (Lipinski definition) is 5. The summed E-state index contributed by atoms with van der Waals surface area (Å²) in [7, 11) is 3.86. The minimum Gasteiger partial charge on any atom is -0.381 e. The van der Waals surface area contributed by atoms with Gasteiger partial charge in [-0.15, -0.1) is 0 Å². The van der Waals surface area contributed by atoms with Gasteiger partial charge >= 0.3 is 0 Å². The molecule has 0 radical (unpaired) electrons. The lowest BCUT2D eigenvalue weighted by Gasteiger charge is -2.11. The van der Waals surface area contributed by atoms with Crippen LogP contribution >= 0.6 is 0 Å². The molecule has 102 valence electrons. The molecule has 0 fully saturated rings. The Bertz CT molecular complexity index is 331. The first-order chi connectivity index (χ1) is 8.74. The third-order valence-electron chi connectivity index (χ3n) is 2.46. The molecule has 1 heterocycles. The van der Waals surface area contributed by atoms with Gasteiger partial charge in [-0.25, -0.2) is 4.98 Å². The molecule has 0 aliphatic rings. The fourth-order valence-electron chi connectivity index (χ4n) is 1.40. The van der Waals surface area contributed by atoms with Gasteiger partial charge in [-0.1, -0.05) is 13.3 Å². The van der Waals surface area contributed by atoms with E-state index in [0.29, 0.717) is 0 Å². The van der Waals surface area contributed by atoms with Crippen molar-refractivity contribution in [1.29, 1.82) is 0 Å². The smallest absolute Gasteiger partial charge is 0.226 e. The Morgan fingerprint density at radius 1 is 1.28 bits per heavy atom. The third-order valence-corrected chi connectivity index (χ3v) is 2.46. The van der Waals surface area contributed by atoms with E-state index in [1.54, 1.807) is 6.20 Å². The highest BCUT2D eigenvalue weighted by Gasteiger charge is 2.00. The number of anilines is 2. The van der Waals surface area contributed by atoms with Gasteiger partial charge in [-0.3, -0.25) is 0 Å². The van der Waals surface area contributed by atoms with Crippen molar-refractivity contribution >= 4 is 11.8 Å². The summed E-state index contributed by atoms with van der Waals surface area (Å²) >= 11 is 0. The molecule has 0 bridgehead atoms. The summed E-state index contributed by atoms with van der Waals surface area (Å²) in [6, 6.07) is 1.88. The second-order valence-corrected chi connectivity index (χ2v) is 4.38. The van der Waals surface area contributed by atoms with Crippen LogP contribution in [0.4, 0.5) is 11.8 Å². The minimum atomic E-state index is 0.721. The molecule has 0 spiro atoms. The van der Waals surface area contributed by atoms with Crippen LogP contribution in [0.15, 0.2) is 12.3 Å². The number of ether oxygens (including phenoxy) is 1. The van der Waals surface area contributed by atoms with Crippen molar-refractivity contribution in [3.8, 4) is 0 Å². The van der Waals surface area contributed by atoms with Crippen molar-refractivity contribution in [2.45, 2.75) is 26.2 Å². The molecule has 0 saturated heterocycles. The maximum Gasteiger partial charge on any atom is 0.226 e. The SMILES string of the molecule is CCCCOCCCNc1ccnc(N(C)C)n1. The van der Waals surface area contributed by atoms with E-state index < -0.39 is 0 Å². The molecule has 1 aromatic heterocycles. The molecule has 0 amide bonds. The van der Waals surface area contributed by atoms with Gasteiger partial charge in [-0.05, 0) is 18.9 Å². The van der Waals surface area contributed by atoms with E-state index >= 15 is 0 Å². The maximum atomic E-state index is 5.49. The second kappa shape index (κ2) is 8.69. The molecule has 0 aromatic carbocycles. The van der Waals surface area contributed by atoms with E-state index in [4.69, 9.17) is 4.74 Å². The van der Waals surface area contributed by atoms with Crippen LogP contribution in [0, 0.1) is 0 Å². The summed E-state index contributed by atoms with van der Waals surface area (Å²) in [4.78, 5) is 10.4. The Balaban J connectivity index is 2.17. The number of nitrogens with zero attached hydrogens (tertiary/aromatic N) is 3. The standard InChI is InChI=1S/C13H24N4O/c1-4-5-10-18-11-6-8-14-12-7-9-15-13(16-12)17(2)3/h7,9H,4-6,8,10-11H2,1-3H3,(H,14,15,16). The van der Waals surface area contributed by atoms with Crippen molar-refractivity contribution in [2.75, 3.05) is 44.1 Å². The van der Waals surface area contributed by atoms with E-state index in [0.717, 1.165) is 44.4 Å². The van der Waals surface area contributed by atoms with Crippen LogP contribution in [-0.2, 0) is 4.74 Å². The molecular weight excluding hydrogens is 228 g/mol. The van der Waals surface area contributed by atoms with Crippen LogP contribution in [0.25, 0.3) is 0 Å². The minimum absolute atomic E-state index is 0.721. The van der Waals surface area contributed by atoms with Crippen molar-refractivity contribution in [3.05, 3.63) is 12.3 Å². The van der Waals surface area contributed by atoms with E-state index in [-0.39, 0.29) is 0 Å². The van der Waals surface area contributed by atoms with Gasteiger partial charge in [0, 0.05) is 40.1 Å². The normalized spacial score (nSPS) is 10.4. The monoisotopic (exact) mass is 252 g/mol. The Hall–Kier alpha value is -1.36. The predicted molar refractivity (Wildman–Crippen MR) is 75.2 cm³/mol. The van der Waals surface area contributed by atoms with Crippen LogP contribution in [0.5, 0.6) is 0 Å². The topological polar surface area (TPSA) is 50.3 Å². The lowest BCUT2D eigenvalue weighted by atomic mass is 10.3. The van der Waals surface area contributed by atoms with E-state index in [9.17, 15) is 0 Å². The Labute approximate surface area is 110 Å². The molecule has 18 heavy (non-hydrogen) atoms. The first-order valence-corrected chi connectivity index (χ1v) is 6.56. The van der Waals surface area contributed by atoms with E-state index in [1.807, 2.05) is 25.1 Å². The summed E-state index contributed by atoms with van der Waals surface area (Å²) in [5.41, 5.74) is 0. The Morgan fingerprint density at radius 3 is 2.78 bits per heavy atom. The van der Waals surface area contributed by atoms with Crippen LogP contribution in [0.2, 0.25) is 0 Å². The van der Waals surface area contributed by atoms with Gasteiger partial charge < -0.3 is 15.0 Å². The first-order valence-electron chi connectivity index (χ1n) is 6.56. The second-order valence-electron chi connectivity index (χ2n) is 4.38. The molecule has 1 N–H and O–H groups in total. The van der Waals surface area contributed by atoms with Crippen molar-refractivity contribution in [2.24, 2.45) is 0 Å². The zero-order chi connectivity index (χ0) is 13.2. The van der Waals surface area contributed by atoms with Crippen molar-refractivity contribution in [1.82, 2.24) is 9.97 Å². The number of aromatic nitrogens is 2. The van der Waals surface area contributed by atoms with Crippen molar-refractivity contribution < 1.29 is 4.74 Å². The predicted octanol–water partition coefficient (Wildman–Crippen LogP) is 2.16. The van der Waals surface area contributed by atoms with Gasteiger partial charge in [0.2, 0.25) is 5.95 Å². The lowest BCUT2D eigenvalue weighted by Crippen LogP contribution is -2.14. The molecule has 5 heteroatoms. The molecular formula is C13H24N4O. The largest absolute Gasteiger partial charge is 0.381 e. The summed E-state index contributed by atoms with van der Waals surface area (Å²) in [6.07, 6.45) is 5.09. The van der Waals surface area contributed by atoms with E-state index in [1.165, 1.54) is 6.42 Å². The quantitative estimate of drug-likeness (QED) is 0.683. The molecule has 0 atom stereocenters. The zero-order valence-electron chi connectivity index (χ0n) is 11.6. The molecule has 5 nitrogen and oxygen atoms in total. The number of nitrogens with one attached hydrogen (secondary N) is 1. The highest BCUT2D eigenvalue weighted by atomic mass is 16.5. The average Bonchev–Trinajstić information content (AvgIpc) is 2.38. The maximum absolute atomic E-state index is 5.49. The molecule has 1 aromatic rings. The number of unbranched alkanes of at least 4 members (excludes halogenated alkanes) is 1. The summed E-state index contributed by atoms with van der Waals surface area (Å²) < 4.78 is 5.49. The lowest BCUT2D eigenvalue weighted by molar-refractivity contribution is 0.131. The summed E-state index contributed by atoms with van der Waals surface area (Å²) in [6.45, 7) is 4.71. The van der Waals surface area contributed by atoms with Gasteiger partial charge in [0.1, 0.15) is 5.82 Å². The molecule has 0 aliphatic heterocycles. The number of hydrogen-bond donors (Lipinski definition) is 1. The first kappa shape index (κ1) is 14.7. The Morgan fingerprint density at radius 2 is 2.06 bits per heavy atom. The summed E-state index contributed by atoms with van der Waals surface area (Å²) in [5.74, 6) is 1.58.